The molecule has 38 heavy (non-hydrogen) atoms. The maximum Gasteiger partial charge on any atom is 0.331 e. The Morgan fingerprint density at radius 3 is 2.13 bits per heavy atom. The molecular weight excluding hydrogens is 490 g/mol. The van der Waals surface area contributed by atoms with Crippen LogP contribution in [0.25, 0.3) is 10.9 Å². The second-order valence-corrected chi connectivity index (χ2v) is 8.40. The minimum absolute atomic E-state index is 0.136. The normalized spacial score (nSPS) is 10.7. The molecule has 0 fully saturated rings. The maximum atomic E-state index is 13.6. The molecule has 0 aliphatic rings. The Hall–Kier alpha value is -4.73. The van der Waals surface area contributed by atoms with E-state index >= 15 is 0 Å². The lowest BCUT2D eigenvalue weighted by Crippen LogP contribution is -2.42. The highest BCUT2D eigenvalue weighted by atomic mass is 16.5. The van der Waals surface area contributed by atoms with Gasteiger partial charge in [-0.15, -0.1) is 0 Å². The van der Waals surface area contributed by atoms with Crippen molar-refractivity contribution in [1.82, 2.24) is 9.13 Å². The van der Waals surface area contributed by atoms with Crippen LogP contribution in [0.5, 0.6) is 23.0 Å². The Labute approximate surface area is 218 Å². The lowest BCUT2D eigenvalue weighted by Gasteiger charge is -2.17. The van der Waals surface area contributed by atoms with Gasteiger partial charge < -0.3 is 24.3 Å². The molecular formula is C28H29N3O7. The Kier molecular flexibility index (Phi) is 8.00. The van der Waals surface area contributed by atoms with Crippen LogP contribution in [0.1, 0.15) is 5.56 Å². The summed E-state index contributed by atoms with van der Waals surface area (Å²) >= 11 is 0. The molecule has 0 aliphatic heterocycles. The van der Waals surface area contributed by atoms with Crippen molar-refractivity contribution in [3.8, 4) is 23.0 Å². The molecule has 0 aliphatic carbocycles. The number of nitrogens with zero attached hydrogens (tertiary/aromatic N) is 2. The number of rotatable bonds is 10. The van der Waals surface area contributed by atoms with Gasteiger partial charge in [0.2, 0.25) is 5.91 Å². The van der Waals surface area contributed by atoms with Gasteiger partial charge in [-0.2, -0.15) is 0 Å². The Bertz CT molecular complexity index is 1580. The number of nitrogens with one attached hydrogen (secondary N) is 1. The fourth-order valence-electron chi connectivity index (χ4n) is 4.22. The minimum Gasteiger partial charge on any atom is -0.497 e. The average molecular weight is 520 g/mol. The summed E-state index contributed by atoms with van der Waals surface area (Å²) in [4.78, 5) is 40.3. The molecule has 0 saturated carbocycles. The van der Waals surface area contributed by atoms with E-state index in [-0.39, 0.29) is 24.0 Å². The van der Waals surface area contributed by atoms with E-state index in [0.29, 0.717) is 35.1 Å². The average Bonchev–Trinajstić information content (AvgIpc) is 2.94. The summed E-state index contributed by atoms with van der Waals surface area (Å²) in [6, 6.07) is 17.6. The fraction of sp³-hybridized carbons (Fsp3) is 0.250. The first-order valence-electron chi connectivity index (χ1n) is 11.8. The predicted molar refractivity (Wildman–Crippen MR) is 144 cm³/mol. The van der Waals surface area contributed by atoms with Crippen molar-refractivity contribution in [2.24, 2.45) is 0 Å². The van der Waals surface area contributed by atoms with Crippen molar-refractivity contribution in [3.05, 3.63) is 87.1 Å². The third kappa shape index (κ3) is 5.34. The van der Waals surface area contributed by atoms with Crippen LogP contribution in [-0.2, 0) is 24.3 Å². The van der Waals surface area contributed by atoms with E-state index in [1.54, 1.807) is 18.2 Å². The number of aryl methyl sites for hydroxylation is 1. The van der Waals surface area contributed by atoms with Crippen LogP contribution in [0, 0.1) is 0 Å². The Morgan fingerprint density at radius 1 is 0.789 bits per heavy atom. The summed E-state index contributed by atoms with van der Waals surface area (Å²) in [7, 11) is 5.91. The second kappa shape index (κ2) is 11.5. The van der Waals surface area contributed by atoms with Gasteiger partial charge in [-0.25, -0.2) is 4.79 Å². The summed E-state index contributed by atoms with van der Waals surface area (Å²) in [5.74, 6) is 1.11. The van der Waals surface area contributed by atoms with Gasteiger partial charge in [0.15, 0.2) is 11.5 Å². The number of benzene rings is 3. The van der Waals surface area contributed by atoms with Crippen molar-refractivity contribution >= 4 is 22.5 Å². The molecule has 0 radical (unpaired) electrons. The molecule has 4 rings (SSSR count). The number of aromatic nitrogens is 2. The minimum atomic E-state index is -0.613. The van der Waals surface area contributed by atoms with Crippen molar-refractivity contribution in [2.45, 2.75) is 19.5 Å². The Morgan fingerprint density at radius 2 is 1.47 bits per heavy atom. The van der Waals surface area contributed by atoms with Gasteiger partial charge in [0, 0.05) is 18.7 Å². The topological polar surface area (TPSA) is 110 Å². The highest BCUT2D eigenvalue weighted by Crippen LogP contribution is 2.31. The maximum absolute atomic E-state index is 13.6. The molecule has 4 aromatic rings. The first-order chi connectivity index (χ1) is 18.4. The predicted octanol–water partition coefficient (Wildman–Crippen LogP) is 3.08. The van der Waals surface area contributed by atoms with Crippen molar-refractivity contribution in [1.29, 1.82) is 0 Å². The lowest BCUT2D eigenvalue weighted by molar-refractivity contribution is -0.116. The zero-order valence-electron chi connectivity index (χ0n) is 21.6. The van der Waals surface area contributed by atoms with E-state index in [0.717, 1.165) is 10.1 Å². The van der Waals surface area contributed by atoms with Gasteiger partial charge in [-0.1, -0.05) is 30.3 Å². The number of hydrogen-bond acceptors (Lipinski definition) is 7. The van der Waals surface area contributed by atoms with Crippen molar-refractivity contribution in [3.63, 3.8) is 0 Å². The van der Waals surface area contributed by atoms with Crippen LogP contribution in [-0.4, -0.2) is 43.5 Å². The molecule has 0 spiro atoms. The molecule has 0 unspecified atom stereocenters. The monoisotopic (exact) mass is 519 g/mol. The smallest absolute Gasteiger partial charge is 0.331 e. The summed E-state index contributed by atoms with van der Waals surface area (Å²) in [6.07, 6.45) is 0.460. The van der Waals surface area contributed by atoms with Crippen LogP contribution in [0.15, 0.2) is 70.3 Å². The molecule has 0 atom stereocenters. The summed E-state index contributed by atoms with van der Waals surface area (Å²) in [5.41, 5.74) is 0.513. The quantitative estimate of drug-likeness (QED) is 0.343. The van der Waals surface area contributed by atoms with Crippen LogP contribution in [0.4, 0.5) is 5.69 Å². The molecule has 1 amide bonds. The number of methoxy groups -OCH3 is 4. The first-order valence-corrected chi connectivity index (χ1v) is 11.8. The first kappa shape index (κ1) is 26.3. The highest BCUT2D eigenvalue weighted by molar-refractivity contribution is 5.93. The lowest BCUT2D eigenvalue weighted by atomic mass is 10.1. The van der Waals surface area contributed by atoms with Crippen molar-refractivity contribution < 1.29 is 23.7 Å². The standard InChI is InChI=1S/C28H29N3O7/c1-35-19-10-11-23(36-2)21(14-19)29-26(32)17-31-22-16-25(38-4)24(37-3)15-20(22)27(33)30(28(31)34)13-12-18-8-6-5-7-9-18/h5-11,14-16H,12-13,17H2,1-4H3,(H,29,32). The second-order valence-electron chi connectivity index (χ2n) is 8.40. The molecule has 0 saturated heterocycles. The van der Waals surface area contributed by atoms with Crippen LogP contribution in [0.3, 0.4) is 0 Å². The summed E-state index contributed by atoms with van der Waals surface area (Å²) in [5, 5.41) is 3.00. The van der Waals surface area contributed by atoms with Crippen LogP contribution in [0.2, 0.25) is 0 Å². The number of amides is 1. The molecule has 0 bridgehead atoms. The molecule has 198 valence electrons. The zero-order valence-corrected chi connectivity index (χ0v) is 21.6. The molecule has 10 nitrogen and oxygen atoms in total. The fourth-order valence-corrected chi connectivity index (χ4v) is 4.22. The van der Waals surface area contributed by atoms with E-state index in [4.69, 9.17) is 18.9 Å². The van der Waals surface area contributed by atoms with Crippen LogP contribution < -0.4 is 35.5 Å². The summed E-state index contributed by atoms with van der Waals surface area (Å²) in [6.45, 7) is -0.228. The van der Waals surface area contributed by atoms with Gasteiger partial charge in [0.1, 0.15) is 18.0 Å². The van der Waals surface area contributed by atoms with Gasteiger partial charge in [-0.05, 0) is 30.2 Å². The number of fused-ring (bicyclic) bond motifs is 1. The number of carbonyl (C=O) groups is 1. The summed E-state index contributed by atoms with van der Waals surface area (Å²) < 4.78 is 23.8. The largest absolute Gasteiger partial charge is 0.497 e. The van der Waals surface area contributed by atoms with Gasteiger partial charge in [-0.3, -0.25) is 18.7 Å². The Balaban J connectivity index is 1.79. The van der Waals surface area contributed by atoms with Gasteiger partial charge in [0.25, 0.3) is 5.56 Å². The van der Waals surface area contributed by atoms with Gasteiger partial charge >= 0.3 is 5.69 Å². The molecule has 3 aromatic carbocycles. The molecule has 1 heterocycles. The van der Waals surface area contributed by atoms with E-state index in [1.807, 2.05) is 30.3 Å². The number of hydrogen-bond donors (Lipinski definition) is 1. The third-order valence-electron chi connectivity index (χ3n) is 6.18. The zero-order chi connectivity index (χ0) is 27.2. The van der Waals surface area contributed by atoms with E-state index in [9.17, 15) is 14.4 Å². The number of ether oxygens (including phenoxy) is 4. The van der Waals surface area contributed by atoms with E-state index < -0.39 is 17.2 Å². The number of carbonyl (C=O) groups excluding carboxylic acids is 1. The van der Waals surface area contributed by atoms with Gasteiger partial charge in [0.05, 0.1) is 45.0 Å². The third-order valence-corrected chi connectivity index (χ3v) is 6.18. The SMILES string of the molecule is COc1ccc(OC)c(NC(=O)Cn2c(=O)n(CCc3ccccc3)c(=O)c3cc(OC)c(OC)cc32)c1. The van der Waals surface area contributed by atoms with Crippen molar-refractivity contribution in [2.75, 3.05) is 33.8 Å². The molecule has 1 N–H and O–H groups in total. The van der Waals surface area contributed by atoms with E-state index in [1.165, 1.54) is 45.1 Å². The molecule has 10 heteroatoms. The van der Waals surface area contributed by atoms with Crippen LogP contribution >= 0.6 is 0 Å². The number of anilines is 1. The van der Waals surface area contributed by atoms with E-state index in [2.05, 4.69) is 5.32 Å². The molecule has 1 aromatic heterocycles. The highest BCUT2D eigenvalue weighted by Gasteiger charge is 2.19.